The highest BCUT2D eigenvalue weighted by Crippen LogP contribution is 2.36. The zero-order valence-corrected chi connectivity index (χ0v) is 12.5. The number of hydrogen-bond donors (Lipinski definition) is 0. The van der Waals surface area contributed by atoms with Gasteiger partial charge < -0.3 is 0 Å². The van der Waals surface area contributed by atoms with Gasteiger partial charge in [0.2, 0.25) is 0 Å². The fourth-order valence-corrected chi connectivity index (χ4v) is 3.26. The number of benzene rings is 2. The van der Waals surface area contributed by atoms with Crippen molar-refractivity contribution in [1.82, 2.24) is 0 Å². The monoisotopic (exact) mass is 300 g/mol. The molecule has 0 radical (unpaired) electrons. The molecule has 21 heavy (non-hydrogen) atoms. The SMILES string of the molecule is O=C(CSc1ccc(F)cc1)c1cccc(C2CCC2)c1. The standard InChI is InChI=1S/C18H17FOS/c19-16-7-9-17(10-8-16)21-12-18(20)15-6-2-5-14(11-15)13-3-1-4-13/h2,5-11,13H,1,3-4,12H2. The number of Topliss-reactive ketones (excluding diaryl/α,β-unsaturated/α-hetero) is 1. The summed E-state index contributed by atoms with van der Waals surface area (Å²) < 4.78 is 12.8. The summed E-state index contributed by atoms with van der Waals surface area (Å²) in [4.78, 5) is 13.2. The zero-order valence-electron chi connectivity index (χ0n) is 11.7. The lowest BCUT2D eigenvalue weighted by atomic mass is 9.79. The summed E-state index contributed by atoms with van der Waals surface area (Å²) >= 11 is 1.45. The van der Waals surface area contributed by atoms with E-state index < -0.39 is 0 Å². The zero-order chi connectivity index (χ0) is 14.7. The fraction of sp³-hybridized carbons (Fsp3) is 0.278. The molecule has 0 unspecified atom stereocenters. The quantitative estimate of drug-likeness (QED) is 0.566. The third kappa shape index (κ3) is 3.53. The molecule has 0 aromatic heterocycles. The molecule has 3 rings (SSSR count). The van der Waals surface area contributed by atoms with Crippen LogP contribution in [-0.2, 0) is 0 Å². The van der Waals surface area contributed by atoms with Gasteiger partial charge in [0.05, 0.1) is 5.75 Å². The molecule has 2 aromatic carbocycles. The number of thioether (sulfide) groups is 1. The van der Waals surface area contributed by atoms with Crippen molar-refractivity contribution < 1.29 is 9.18 Å². The Kier molecular flexibility index (Phi) is 4.39. The first kappa shape index (κ1) is 14.3. The van der Waals surface area contributed by atoms with Crippen molar-refractivity contribution in [3.8, 4) is 0 Å². The number of hydrogen-bond acceptors (Lipinski definition) is 2. The van der Waals surface area contributed by atoms with Crippen LogP contribution in [0.2, 0.25) is 0 Å². The van der Waals surface area contributed by atoms with Crippen molar-refractivity contribution in [3.63, 3.8) is 0 Å². The molecule has 108 valence electrons. The molecule has 1 nitrogen and oxygen atoms in total. The molecule has 0 bridgehead atoms. The van der Waals surface area contributed by atoms with Crippen molar-refractivity contribution >= 4 is 17.5 Å². The Bertz CT molecular complexity index is 632. The van der Waals surface area contributed by atoms with Crippen LogP contribution in [0, 0.1) is 5.82 Å². The normalized spacial score (nSPS) is 14.7. The Morgan fingerprint density at radius 3 is 2.57 bits per heavy atom. The minimum atomic E-state index is -0.251. The van der Waals surface area contributed by atoms with Gasteiger partial charge in [-0.3, -0.25) is 4.79 Å². The van der Waals surface area contributed by atoms with Crippen LogP contribution in [0.1, 0.15) is 41.1 Å². The van der Waals surface area contributed by atoms with E-state index >= 15 is 0 Å². The lowest BCUT2D eigenvalue weighted by molar-refractivity contribution is 0.102. The van der Waals surface area contributed by atoms with Gasteiger partial charge >= 0.3 is 0 Å². The molecule has 0 heterocycles. The van der Waals surface area contributed by atoms with E-state index in [0.29, 0.717) is 11.7 Å². The molecule has 0 spiro atoms. The van der Waals surface area contributed by atoms with Gasteiger partial charge in [-0.05, 0) is 54.7 Å². The van der Waals surface area contributed by atoms with Gasteiger partial charge in [0.25, 0.3) is 0 Å². The van der Waals surface area contributed by atoms with Gasteiger partial charge in [0, 0.05) is 10.5 Å². The van der Waals surface area contributed by atoms with Gasteiger partial charge in [-0.2, -0.15) is 0 Å². The number of rotatable bonds is 5. The van der Waals surface area contributed by atoms with E-state index in [9.17, 15) is 9.18 Å². The number of carbonyl (C=O) groups excluding carboxylic acids is 1. The highest BCUT2D eigenvalue weighted by Gasteiger charge is 2.20. The van der Waals surface area contributed by atoms with Crippen LogP contribution in [0.5, 0.6) is 0 Å². The Labute approximate surface area is 128 Å². The van der Waals surface area contributed by atoms with Gasteiger partial charge in [-0.15, -0.1) is 11.8 Å². The van der Waals surface area contributed by atoms with Crippen LogP contribution >= 0.6 is 11.8 Å². The molecule has 0 amide bonds. The van der Waals surface area contributed by atoms with Crippen LogP contribution in [0.4, 0.5) is 4.39 Å². The van der Waals surface area contributed by atoms with Gasteiger partial charge in [-0.25, -0.2) is 4.39 Å². The summed E-state index contributed by atoms with van der Waals surface area (Å²) in [7, 11) is 0. The topological polar surface area (TPSA) is 17.1 Å². The van der Waals surface area contributed by atoms with Crippen LogP contribution in [0.25, 0.3) is 0 Å². The largest absolute Gasteiger partial charge is 0.293 e. The summed E-state index contributed by atoms with van der Waals surface area (Å²) in [6.07, 6.45) is 3.77. The molecule has 2 aromatic rings. The molecule has 0 N–H and O–H groups in total. The van der Waals surface area contributed by atoms with Crippen LogP contribution in [0.3, 0.4) is 0 Å². The average Bonchev–Trinajstić information content (AvgIpc) is 2.45. The summed E-state index contributed by atoms with van der Waals surface area (Å²) in [6, 6.07) is 14.3. The minimum Gasteiger partial charge on any atom is -0.293 e. The molecular weight excluding hydrogens is 283 g/mol. The maximum Gasteiger partial charge on any atom is 0.173 e. The van der Waals surface area contributed by atoms with E-state index in [4.69, 9.17) is 0 Å². The fourth-order valence-electron chi connectivity index (χ4n) is 2.47. The predicted octanol–water partition coefficient (Wildman–Crippen LogP) is 5.07. The first-order chi connectivity index (χ1) is 10.2. The van der Waals surface area contributed by atoms with Gasteiger partial charge in [0.1, 0.15) is 5.82 Å². The highest BCUT2D eigenvalue weighted by atomic mass is 32.2. The van der Waals surface area contributed by atoms with E-state index in [0.717, 1.165) is 10.5 Å². The summed E-state index contributed by atoms with van der Waals surface area (Å²) in [5, 5.41) is 0. The van der Waals surface area contributed by atoms with Crippen molar-refractivity contribution in [2.75, 3.05) is 5.75 Å². The summed E-state index contributed by atoms with van der Waals surface area (Å²) in [6.45, 7) is 0. The van der Waals surface area contributed by atoms with Crippen LogP contribution in [-0.4, -0.2) is 11.5 Å². The maximum atomic E-state index is 12.8. The second-order valence-electron chi connectivity index (χ2n) is 5.42. The number of halogens is 1. The molecule has 0 saturated heterocycles. The van der Waals surface area contributed by atoms with Crippen molar-refractivity contribution in [1.29, 1.82) is 0 Å². The lowest BCUT2D eigenvalue weighted by Crippen LogP contribution is -2.10. The smallest absolute Gasteiger partial charge is 0.173 e. The average molecular weight is 300 g/mol. The van der Waals surface area contributed by atoms with Gasteiger partial charge in [0.15, 0.2) is 5.78 Å². The molecule has 1 aliphatic carbocycles. The molecule has 0 aliphatic heterocycles. The van der Waals surface area contributed by atoms with Gasteiger partial charge in [-0.1, -0.05) is 24.6 Å². The third-order valence-electron chi connectivity index (χ3n) is 3.97. The Hall–Kier alpha value is -1.61. The van der Waals surface area contributed by atoms with Crippen LogP contribution in [0.15, 0.2) is 53.4 Å². The van der Waals surface area contributed by atoms with E-state index in [1.165, 1.54) is 48.7 Å². The third-order valence-corrected chi connectivity index (χ3v) is 4.98. The van der Waals surface area contributed by atoms with Crippen molar-refractivity contribution in [3.05, 3.63) is 65.5 Å². The number of carbonyl (C=O) groups is 1. The Balaban J connectivity index is 1.63. The van der Waals surface area contributed by atoms with E-state index in [2.05, 4.69) is 6.07 Å². The van der Waals surface area contributed by atoms with E-state index in [1.807, 2.05) is 18.2 Å². The number of ketones is 1. The Morgan fingerprint density at radius 1 is 1.14 bits per heavy atom. The predicted molar refractivity (Wildman–Crippen MR) is 84.5 cm³/mol. The molecule has 3 heteroatoms. The summed E-state index contributed by atoms with van der Waals surface area (Å²) in [5.74, 6) is 0.909. The molecule has 1 fully saturated rings. The van der Waals surface area contributed by atoms with Crippen molar-refractivity contribution in [2.24, 2.45) is 0 Å². The maximum absolute atomic E-state index is 12.8. The van der Waals surface area contributed by atoms with Crippen molar-refractivity contribution in [2.45, 2.75) is 30.1 Å². The first-order valence-electron chi connectivity index (χ1n) is 7.24. The van der Waals surface area contributed by atoms with E-state index in [-0.39, 0.29) is 11.6 Å². The second kappa shape index (κ2) is 6.44. The van der Waals surface area contributed by atoms with E-state index in [1.54, 1.807) is 12.1 Å². The lowest BCUT2D eigenvalue weighted by Gasteiger charge is -2.26. The second-order valence-corrected chi connectivity index (χ2v) is 6.47. The minimum absolute atomic E-state index is 0.130. The molecule has 0 atom stereocenters. The Morgan fingerprint density at radius 2 is 1.90 bits per heavy atom. The van der Waals surface area contributed by atoms with Crippen LogP contribution < -0.4 is 0 Å². The molecule has 1 aliphatic rings. The summed E-state index contributed by atoms with van der Waals surface area (Å²) in [5.41, 5.74) is 2.08. The highest BCUT2D eigenvalue weighted by molar-refractivity contribution is 8.00. The first-order valence-corrected chi connectivity index (χ1v) is 8.22. The molecule has 1 saturated carbocycles. The molecular formula is C18H17FOS.